The molecule has 0 aliphatic carbocycles. The van der Waals surface area contributed by atoms with Gasteiger partial charge in [0, 0.05) is 17.8 Å². The van der Waals surface area contributed by atoms with Crippen LogP contribution in [0.15, 0.2) is 48.5 Å². The van der Waals surface area contributed by atoms with Gasteiger partial charge < -0.3 is 15.7 Å². The Morgan fingerprint density at radius 2 is 1.57 bits per heavy atom. The Labute approximate surface area is 165 Å². The summed E-state index contributed by atoms with van der Waals surface area (Å²) < 4.78 is 0. The van der Waals surface area contributed by atoms with E-state index in [1.165, 1.54) is 5.56 Å². The molecule has 2 amide bonds. The number of hydrogen-bond acceptors (Lipinski definition) is 3. The molecule has 148 valence electrons. The fourth-order valence-electron chi connectivity index (χ4n) is 2.69. The Morgan fingerprint density at radius 3 is 2.18 bits per heavy atom. The van der Waals surface area contributed by atoms with Gasteiger partial charge in [-0.1, -0.05) is 37.6 Å². The van der Waals surface area contributed by atoms with Crippen LogP contribution in [-0.2, 0) is 22.4 Å². The molecule has 0 saturated carbocycles. The summed E-state index contributed by atoms with van der Waals surface area (Å²) in [7, 11) is 0. The molecule has 6 heteroatoms. The molecule has 0 bridgehead atoms. The number of carbonyl (C=O) groups excluding carboxylic acids is 2. The van der Waals surface area contributed by atoms with E-state index in [0.717, 1.165) is 24.8 Å². The second kappa shape index (κ2) is 10.9. The van der Waals surface area contributed by atoms with Crippen LogP contribution < -0.4 is 10.6 Å². The highest BCUT2D eigenvalue weighted by molar-refractivity contribution is 5.96. The summed E-state index contributed by atoms with van der Waals surface area (Å²) in [5, 5.41) is 13.9. The number of hydrogen-bond donors (Lipinski definition) is 3. The molecule has 0 radical (unpaired) electrons. The van der Waals surface area contributed by atoms with Crippen molar-refractivity contribution in [3.63, 3.8) is 0 Å². The standard InChI is InChI=1S/C22H26N2O4/c1-2-3-4-16-5-7-17(8-6-16)15-20(25)24-19-11-9-18(10-12-19)22(28)23-14-13-21(26)27/h5-12H,2-4,13-15H2,1H3,(H,23,28)(H,24,25)(H,26,27). The first-order chi connectivity index (χ1) is 13.5. The van der Waals surface area contributed by atoms with Crippen LogP contribution in [0, 0.1) is 0 Å². The smallest absolute Gasteiger partial charge is 0.305 e. The number of carboxylic acid groups (broad SMARTS) is 1. The molecule has 0 aliphatic rings. The lowest BCUT2D eigenvalue weighted by Gasteiger charge is -2.08. The predicted molar refractivity (Wildman–Crippen MR) is 108 cm³/mol. The number of aryl methyl sites for hydroxylation is 1. The van der Waals surface area contributed by atoms with E-state index in [1.54, 1.807) is 24.3 Å². The van der Waals surface area contributed by atoms with Crippen molar-refractivity contribution in [2.45, 2.75) is 39.0 Å². The van der Waals surface area contributed by atoms with Crippen LogP contribution in [0.1, 0.15) is 47.7 Å². The van der Waals surface area contributed by atoms with Crippen molar-refractivity contribution in [2.24, 2.45) is 0 Å². The minimum Gasteiger partial charge on any atom is -0.481 e. The van der Waals surface area contributed by atoms with Crippen molar-refractivity contribution in [2.75, 3.05) is 11.9 Å². The summed E-state index contributed by atoms with van der Waals surface area (Å²) in [6, 6.07) is 14.6. The topological polar surface area (TPSA) is 95.5 Å². The fraction of sp³-hybridized carbons (Fsp3) is 0.318. The molecule has 0 unspecified atom stereocenters. The van der Waals surface area contributed by atoms with Gasteiger partial charge in [-0.05, 0) is 48.2 Å². The molecule has 0 aliphatic heterocycles. The summed E-state index contributed by atoms with van der Waals surface area (Å²) in [5.41, 5.74) is 3.24. The van der Waals surface area contributed by atoms with Crippen LogP contribution in [0.25, 0.3) is 0 Å². The average Bonchev–Trinajstić information content (AvgIpc) is 2.67. The number of nitrogens with one attached hydrogen (secondary N) is 2. The number of amides is 2. The minimum atomic E-state index is -0.964. The average molecular weight is 382 g/mol. The van der Waals surface area contributed by atoms with Gasteiger partial charge in [0.25, 0.3) is 5.91 Å². The highest BCUT2D eigenvalue weighted by atomic mass is 16.4. The minimum absolute atomic E-state index is 0.0733. The van der Waals surface area contributed by atoms with E-state index in [-0.39, 0.29) is 31.2 Å². The van der Waals surface area contributed by atoms with Gasteiger partial charge in [-0.25, -0.2) is 0 Å². The largest absolute Gasteiger partial charge is 0.481 e. The maximum absolute atomic E-state index is 12.2. The van der Waals surface area contributed by atoms with E-state index in [4.69, 9.17) is 5.11 Å². The van der Waals surface area contributed by atoms with E-state index >= 15 is 0 Å². The van der Waals surface area contributed by atoms with Crippen LogP contribution in [0.5, 0.6) is 0 Å². The predicted octanol–water partition coefficient (Wildman–Crippen LogP) is 3.41. The fourth-order valence-corrected chi connectivity index (χ4v) is 2.69. The maximum atomic E-state index is 12.2. The summed E-state index contributed by atoms with van der Waals surface area (Å²) in [4.78, 5) is 34.6. The molecule has 0 fully saturated rings. The molecule has 0 spiro atoms. The first kappa shape index (κ1) is 21.2. The number of carboxylic acids is 1. The Kier molecular flexibility index (Phi) is 8.21. The van der Waals surface area contributed by atoms with Gasteiger partial charge in [-0.15, -0.1) is 0 Å². The summed E-state index contributed by atoms with van der Waals surface area (Å²) in [6.45, 7) is 2.24. The van der Waals surface area contributed by atoms with E-state index < -0.39 is 5.97 Å². The molecule has 0 saturated heterocycles. The second-order valence-electron chi connectivity index (χ2n) is 6.62. The van der Waals surface area contributed by atoms with Crippen molar-refractivity contribution in [3.8, 4) is 0 Å². The summed E-state index contributed by atoms with van der Waals surface area (Å²) in [5.74, 6) is -1.43. The zero-order valence-corrected chi connectivity index (χ0v) is 16.0. The summed E-state index contributed by atoms with van der Waals surface area (Å²) >= 11 is 0. The van der Waals surface area contributed by atoms with Gasteiger partial charge in [0.1, 0.15) is 0 Å². The molecular weight excluding hydrogens is 356 g/mol. The lowest BCUT2D eigenvalue weighted by Crippen LogP contribution is -2.26. The number of unbranched alkanes of at least 4 members (excludes halogenated alkanes) is 1. The lowest BCUT2D eigenvalue weighted by atomic mass is 10.0. The molecule has 0 aromatic heterocycles. The van der Waals surface area contributed by atoms with Crippen molar-refractivity contribution in [3.05, 3.63) is 65.2 Å². The molecule has 3 N–H and O–H groups in total. The van der Waals surface area contributed by atoms with Gasteiger partial charge in [-0.3, -0.25) is 14.4 Å². The van der Waals surface area contributed by atoms with Gasteiger partial charge in [0.15, 0.2) is 0 Å². The van der Waals surface area contributed by atoms with Gasteiger partial charge in [0.05, 0.1) is 12.8 Å². The highest BCUT2D eigenvalue weighted by Gasteiger charge is 2.08. The summed E-state index contributed by atoms with van der Waals surface area (Å²) in [6.07, 6.45) is 3.53. The number of aliphatic carboxylic acids is 1. The highest BCUT2D eigenvalue weighted by Crippen LogP contribution is 2.12. The number of rotatable bonds is 10. The normalized spacial score (nSPS) is 10.3. The Bertz CT molecular complexity index is 798. The van der Waals surface area contributed by atoms with Crippen molar-refractivity contribution >= 4 is 23.5 Å². The number of benzene rings is 2. The molecule has 2 rings (SSSR count). The molecule has 0 atom stereocenters. The Hall–Kier alpha value is -3.15. The van der Waals surface area contributed by atoms with Gasteiger partial charge in [-0.2, -0.15) is 0 Å². The third-order valence-corrected chi connectivity index (χ3v) is 4.26. The third kappa shape index (κ3) is 7.23. The van der Waals surface area contributed by atoms with Crippen LogP contribution in [0.4, 0.5) is 5.69 Å². The molecular formula is C22H26N2O4. The van der Waals surface area contributed by atoms with Crippen LogP contribution >= 0.6 is 0 Å². The zero-order valence-electron chi connectivity index (χ0n) is 16.0. The maximum Gasteiger partial charge on any atom is 0.305 e. The monoisotopic (exact) mass is 382 g/mol. The number of carbonyl (C=O) groups is 3. The van der Waals surface area contributed by atoms with Crippen LogP contribution in [-0.4, -0.2) is 29.4 Å². The van der Waals surface area contributed by atoms with Crippen molar-refractivity contribution < 1.29 is 19.5 Å². The first-order valence-corrected chi connectivity index (χ1v) is 9.45. The molecule has 2 aromatic carbocycles. The van der Waals surface area contributed by atoms with Crippen molar-refractivity contribution in [1.82, 2.24) is 5.32 Å². The van der Waals surface area contributed by atoms with Gasteiger partial charge in [0.2, 0.25) is 5.91 Å². The van der Waals surface area contributed by atoms with Crippen LogP contribution in [0.2, 0.25) is 0 Å². The Balaban J connectivity index is 1.83. The SMILES string of the molecule is CCCCc1ccc(CC(=O)Nc2ccc(C(=O)NCCC(=O)O)cc2)cc1. The quantitative estimate of drug-likeness (QED) is 0.587. The first-order valence-electron chi connectivity index (χ1n) is 9.45. The lowest BCUT2D eigenvalue weighted by molar-refractivity contribution is -0.136. The third-order valence-electron chi connectivity index (χ3n) is 4.26. The Morgan fingerprint density at radius 1 is 0.929 bits per heavy atom. The molecule has 0 heterocycles. The molecule has 2 aromatic rings. The second-order valence-corrected chi connectivity index (χ2v) is 6.62. The van der Waals surface area contributed by atoms with E-state index in [9.17, 15) is 14.4 Å². The van der Waals surface area contributed by atoms with Gasteiger partial charge >= 0.3 is 5.97 Å². The van der Waals surface area contributed by atoms with E-state index in [1.807, 2.05) is 12.1 Å². The van der Waals surface area contributed by atoms with Crippen LogP contribution in [0.3, 0.4) is 0 Å². The number of anilines is 1. The van der Waals surface area contributed by atoms with E-state index in [0.29, 0.717) is 11.3 Å². The zero-order chi connectivity index (χ0) is 20.4. The van der Waals surface area contributed by atoms with E-state index in [2.05, 4.69) is 29.7 Å². The molecule has 28 heavy (non-hydrogen) atoms. The van der Waals surface area contributed by atoms with Crippen molar-refractivity contribution in [1.29, 1.82) is 0 Å². The molecule has 6 nitrogen and oxygen atoms in total.